The van der Waals surface area contributed by atoms with E-state index in [-0.39, 0.29) is 19.1 Å². The Labute approximate surface area is 112 Å². The minimum atomic E-state index is -0.382. The fraction of sp³-hybridized carbons (Fsp3) is 0.308. The standard InChI is InChI=1S/C13H16FN3.ClH/c14-7-9-17-13(6-8-16-17)11-15-10-12-4-2-1-3-5-12;/h1-6,8,15H,7,9-11H2;1H. The van der Waals surface area contributed by atoms with Crippen LogP contribution < -0.4 is 5.32 Å². The van der Waals surface area contributed by atoms with Crippen LogP contribution in [0.25, 0.3) is 0 Å². The van der Waals surface area contributed by atoms with E-state index in [4.69, 9.17) is 0 Å². The summed E-state index contributed by atoms with van der Waals surface area (Å²) in [6.07, 6.45) is 1.70. The van der Waals surface area contributed by atoms with Gasteiger partial charge in [-0.05, 0) is 11.6 Å². The van der Waals surface area contributed by atoms with E-state index in [9.17, 15) is 4.39 Å². The molecule has 0 atom stereocenters. The first-order valence-electron chi connectivity index (χ1n) is 5.71. The van der Waals surface area contributed by atoms with Crippen molar-refractivity contribution in [1.82, 2.24) is 15.1 Å². The summed E-state index contributed by atoms with van der Waals surface area (Å²) in [6.45, 7) is 1.46. The first kappa shape index (κ1) is 14.7. The summed E-state index contributed by atoms with van der Waals surface area (Å²) >= 11 is 0. The van der Waals surface area contributed by atoms with Gasteiger partial charge in [0.05, 0.1) is 12.2 Å². The molecule has 98 valence electrons. The molecule has 1 aromatic heterocycles. The summed E-state index contributed by atoms with van der Waals surface area (Å²) in [6, 6.07) is 12.1. The molecule has 1 heterocycles. The summed E-state index contributed by atoms with van der Waals surface area (Å²) in [5, 5.41) is 7.39. The van der Waals surface area contributed by atoms with Crippen LogP contribution in [0.3, 0.4) is 0 Å². The lowest BCUT2D eigenvalue weighted by Gasteiger charge is -2.07. The van der Waals surface area contributed by atoms with Crippen molar-refractivity contribution in [1.29, 1.82) is 0 Å². The Bertz CT molecular complexity index is 445. The normalized spacial score (nSPS) is 10.1. The van der Waals surface area contributed by atoms with Crippen molar-refractivity contribution in [2.45, 2.75) is 19.6 Å². The summed E-state index contributed by atoms with van der Waals surface area (Å²) in [4.78, 5) is 0. The Morgan fingerprint density at radius 1 is 1.11 bits per heavy atom. The lowest BCUT2D eigenvalue weighted by Crippen LogP contribution is -2.17. The van der Waals surface area contributed by atoms with E-state index >= 15 is 0 Å². The smallest absolute Gasteiger partial charge is 0.109 e. The van der Waals surface area contributed by atoms with Crippen LogP contribution in [0.2, 0.25) is 0 Å². The van der Waals surface area contributed by atoms with Crippen LogP contribution in [0.4, 0.5) is 4.39 Å². The third kappa shape index (κ3) is 4.13. The van der Waals surface area contributed by atoms with Crippen molar-refractivity contribution < 1.29 is 4.39 Å². The van der Waals surface area contributed by atoms with Crippen LogP contribution in [0, 0.1) is 0 Å². The van der Waals surface area contributed by atoms with Crippen LogP contribution in [-0.2, 0) is 19.6 Å². The lowest BCUT2D eigenvalue weighted by molar-refractivity contribution is 0.417. The molecule has 0 aliphatic rings. The average molecular weight is 270 g/mol. The molecule has 0 bridgehead atoms. The van der Waals surface area contributed by atoms with Gasteiger partial charge in [-0.1, -0.05) is 30.3 Å². The molecule has 0 unspecified atom stereocenters. The predicted molar refractivity (Wildman–Crippen MR) is 72.4 cm³/mol. The Morgan fingerprint density at radius 2 is 1.89 bits per heavy atom. The Hall–Kier alpha value is -1.39. The highest BCUT2D eigenvalue weighted by atomic mass is 35.5. The van der Waals surface area contributed by atoms with Gasteiger partial charge in [-0.2, -0.15) is 5.10 Å². The van der Waals surface area contributed by atoms with E-state index in [2.05, 4.69) is 22.5 Å². The summed E-state index contributed by atoms with van der Waals surface area (Å²) < 4.78 is 13.9. The molecule has 0 aliphatic heterocycles. The van der Waals surface area contributed by atoms with Crippen LogP contribution in [0.15, 0.2) is 42.6 Å². The Morgan fingerprint density at radius 3 is 2.61 bits per heavy atom. The van der Waals surface area contributed by atoms with Crippen molar-refractivity contribution in [3.63, 3.8) is 0 Å². The molecule has 5 heteroatoms. The fourth-order valence-electron chi connectivity index (χ4n) is 1.72. The first-order chi connectivity index (χ1) is 8.40. The van der Waals surface area contributed by atoms with Crippen LogP contribution >= 0.6 is 12.4 Å². The maximum absolute atomic E-state index is 12.2. The molecule has 2 aromatic rings. The largest absolute Gasteiger partial charge is 0.307 e. The highest BCUT2D eigenvalue weighted by molar-refractivity contribution is 5.85. The number of nitrogens with zero attached hydrogens (tertiary/aromatic N) is 2. The highest BCUT2D eigenvalue weighted by Crippen LogP contribution is 2.01. The second kappa shape index (κ2) is 7.84. The monoisotopic (exact) mass is 269 g/mol. The zero-order chi connectivity index (χ0) is 11.9. The molecule has 0 saturated heterocycles. The fourth-order valence-corrected chi connectivity index (χ4v) is 1.72. The number of hydrogen-bond acceptors (Lipinski definition) is 2. The van der Waals surface area contributed by atoms with E-state index < -0.39 is 0 Å². The predicted octanol–water partition coefficient (Wildman–Crippen LogP) is 2.56. The lowest BCUT2D eigenvalue weighted by atomic mass is 10.2. The van der Waals surface area contributed by atoms with Gasteiger partial charge in [0, 0.05) is 19.3 Å². The van der Waals surface area contributed by atoms with Crippen molar-refractivity contribution in [3.8, 4) is 0 Å². The van der Waals surface area contributed by atoms with Gasteiger partial charge < -0.3 is 5.32 Å². The van der Waals surface area contributed by atoms with E-state index in [0.29, 0.717) is 13.1 Å². The van der Waals surface area contributed by atoms with Crippen molar-refractivity contribution in [3.05, 3.63) is 53.9 Å². The van der Waals surface area contributed by atoms with Crippen molar-refractivity contribution in [2.24, 2.45) is 0 Å². The van der Waals surface area contributed by atoms with Crippen LogP contribution in [0.5, 0.6) is 0 Å². The maximum atomic E-state index is 12.2. The van der Waals surface area contributed by atoms with Crippen molar-refractivity contribution in [2.75, 3.05) is 6.67 Å². The molecular weight excluding hydrogens is 253 g/mol. The minimum Gasteiger partial charge on any atom is -0.307 e. The van der Waals surface area contributed by atoms with Gasteiger partial charge in [0.25, 0.3) is 0 Å². The number of benzene rings is 1. The molecule has 0 amide bonds. The molecule has 0 spiro atoms. The number of rotatable bonds is 6. The van der Waals surface area contributed by atoms with E-state index in [1.165, 1.54) is 5.56 Å². The van der Waals surface area contributed by atoms with Crippen molar-refractivity contribution >= 4 is 12.4 Å². The molecule has 18 heavy (non-hydrogen) atoms. The second-order valence-electron chi connectivity index (χ2n) is 3.82. The highest BCUT2D eigenvalue weighted by Gasteiger charge is 2.01. The minimum absolute atomic E-state index is 0. The molecule has 0 fully saturated rings. The number of nitrogens with one attached hydrogen (secondary N) is 1. The topological polar surface area (TPSA) is 29.9 Å². The van der Waals surface area contributed by atoms with Gasteiger partial charge in [-0.3, -0.25) is 4.68 Å². The van der Waals surface area contributed by atoms with Gasteiger partial charge in [0.2, 0.25) is 0 Å². The second-order valence-corrected chi connectivity index (χ2v) is 3.82. The first-order valence-corrected chi connectivity index (χ1v) is 5.71. The number of aromatic nitrogens is 2. The SMILES string of the molecule is Cl.FCCn1nccc1CNCc1ccccc1. The molecule has 0 radical (unpaired) electrons. The number of halogens is 2. The molecule has 1 N–H and O–H groups in total. The number of aryl methyl sites for hydroxylation is 1. The van der Waals surface area contributed by atoms with Gasteiger partial charge in [-0.15, -0.1) is 12.4 Å². The number of hydrogen-bond donors (Lipinski definition) is 1. The van der Waals surface area contributed by atoms with E-state index in [1.54, 1.807) is 10.9 Å². The van der Waals surface area contributed by atoms with Gasteiger partial charge in [0.15, 0.2) is 0 Å². The number of alkyl halides is 1. The molecule has 0 aliphatic carbocycles. The summed E-state index contributed by atoms with van der Waals surface area (Å²) in [5.74, 6) is 0. The average Bonchev–Trinajstić information content (AvgIpc) is 2.79. The zero-order valence-corrected chi connectivity index (χ0v) is 10.9. The molecule has 1 aromatic carbocycles. The van der Waals surface area contributed by atoms with Gasteiger partial charge in [0.1, 0.15) is 6.67 Å². The molecule has 2 rings (SSSR count). The Kier molecular flexibility index (Phi) is 6.39. The van der Waals surface area contributed by atoms with Crippen LogP contribution in [0.1, 0.15) is 11.3 Å². The van der Waals surface area contributed by atoms with Crippen LogP contribution in [-0.4, -0.2) is 16.5 Å². The van der Waals surface area contributed by atoms with Gasteiger partial charge in [-0.25, -0.2) is 4.39 Å². The van der Waals surface area contributed by atoms with Gasteiger partial charge >= 0.3 is 0 Å². The third-order valence-corrected chi connectivity index (χ3v) is 2.58. The van der Waals surface area contributed by atoms with E-state index in [1.807, 2.05) is 24.3 Å². The molecular formula is C13H17ClFN3. The third-order valence-electron chi connectivity index (χ3n) is 2.58. The quantitative estimate of drug-likeness (QED) is 0.874. The Balaban J connectivity index is 0.00000162. The molecule has 0 saturated carbocycles. The molecule has 3 nitrogen and oxygen atoms in total. The summed E-state index contributed by atoms with van der Waals surface area (Å²) in [7, 11) is 0. The maximum Gasteiger partial charge on any atom is 0.109 e. The van der Waals surface area contributed by atoms with E-state index in [0.717, 1.165) is 12.2 Å². The summed E-state index contributed by atoms with van der Waals surface area (Å²) in [5.41, 5.74) is 2.25. The zero-order valence-electron chi connectivity index (χ0n) is 10.1.